The summed E-state index contributed by atoms with van der Waals surface area (Å²) in [7, 11) is 1.30. The molecule has 6 heteroatoms. The molecule has 0 amide bonds. The largest absolute Gasteiger partial charge is 0.467 e. The highest BCUT2D eigenvalue weighted by Crippen LogP contribution is 2.56. The van der Waals surface area contributed by atoms with Crippen molar-refractivity contribution in [3.8, 4) is 0 Å². The van der Waals surface area contributed by atoms with Gasteiger partial charge in [-0.3, -0.25) is 10.1 Å². The van der Waals surface area contributed by atoms with Gasteiger partial charge in [-0.1, -0.05) is 28.1 Å². The highest BCUT2D eigenvalue weighted by Gasteiger charge is 2.81. The van der Waals surface area contributed by atoms with Crippen molar-refractivity contribution >= 4 is 27.9 Å². The van der Waals surface area contributed by atoms with Crippen molar-refractivity contribution in [2.24, 2.45) is 0 Å². The minimum absolute atomic E-state index is 0.00423. The monoisotopic (exact) mass is 311 g/mol. The predicted molar refractivity (Wildman–Crippen MR) is 64.4 cm³/mol. The van der Waals surface area contributed by atoms with Gasteiger partial charge in [0, 0.05) is 10.0 Å². The summed E-state index contributed by atoms with van der Waals surface area (Å²) in [5, 5.41) is 2.98. The Hall–Kier alpha value is -1.40. The molecule has 2 aliphatic rings. The molecule has 3 rings (SSSR count). The minimum Gasteiger partial charge on any atom is -0.467 e. The number of carbonyl (C=O) groups excluding carboxylic acids is 2. The topological polar surface area (TPSA) is 74.5 Å². The van der Waals surface area contributed by atoms with Gasteiger partial charge in [0.2, 0.25) is 5.72 Å². The van der Waals surface area contributed by atoms with Crippen LogP contribution in [0, 0.1) is 0 Å². The summed E-state index contributed by atoms with van der Waals surface area (Å²) in [5.41, 5.74) is -1.38. The lowest BCUT2D eigenvalue weighted by Crippen LogP contribution is -2.31. The van der Waals surface area contributed by atoms with E-state index in [4.69, 9.17) is 9.47 Å². The summed E-state index contributed by atoms with van der Waals surface area (Å²) in [4.78, 5) is 23.3. The molecule has 1 aromatic carbocycles. The van der Waals surface area contributed by atoms with Crippen LogP contribution in [0.15, 0.2) is 28.7 Å². The Morgan fingerprint density at radius 2 is 2.11 bits per heavy atom. The standard InChI is InChI=1S/C12H10BrNO4/c1-17-10(16)11-6-9(15)18-12(11,14-11)7-2-4-8(13)5-3-7/h2-5,14H,6H2,1H3/t11-,12-/m0/s1. The van der Waals surface area contributed by atoms with Crippen LogP contribution in [-0.2, 0) is 24.8 Å². The van der Waals surface area contributed by atoms with E-state index in [1.807, 2.05) is 12.1 Å². The first-order chi connectivity index (χ1) is 8.54. The maximum atomic E-state index is 11.8. The fraction of sp³-hybridized carbons (Fsp3) is 0.333. The van der Waals surface area contributed by atoms with Gasteiger partial charge in [-0.05, 0) is 12.1 Å². The molecule has 18 heavy (non-hydrogen) atoms. The fourth-order valence-corrected chi connectivity index (χ4v) is 2.74. The van der Waals surface area contributed by atoms with Crippen LogP contribution in [0.25, 0.3) is 0 Å². The molecule has 2 heterocycles. The molecule has 1 aromatic rings. The van der Waals surface area contributed by atoms with Crippen LogP contribution in [0.5, 0.6) is 0 Å². The third kappa shape index (κ3) is 1.30. The van der Waals surface area contributed by atoms with Crippen LogP contribution >= 0.6 is 15.9 Å². The van der Waals surface area contributed by atoms with E-state index in [0.29, 0.717) is 0 Å². The summed E-state index contributed by atoms with van der Waals surface area (Å²) < 4.78 is 11.0. The summed E-state index contributed by atoms with van der Waals surface area (Å²) in [6.45, 7) is 0. The number of rotatable bonds is 2. The van der Waals surface area contributed by atoms with Gasteiger partial charge in [-0.2, -0.15) is 0 Å². The molecule has 0 unspecified atom stereocenters. The van der Waals surface area contributed by atoms with Gasteiger partial charge in [0.1, 0.15) is 0 Å². The fourth-order valence-electron chi connectivity index (χ4n) is 2.48. The molecule has 2 atom stereocenters. The number of fused-ring (bicyclic) bond motifs is 1. The summed E-state index contributed by atoms with van der Waals surface area (Å²) >= 11 is 3.33. The normalized spacial score (nSPS) is 32.7. The zero-order chi connectivity index (χ0) is 13.0. The van der Waals surface area contributed by atoms with E-state index in [9.17, 15) is 9.59 Å². The van der Waals surface area contributed by atoms with Gasteiger partial charge >= 0.3 is 11.9 Å². The SMILES string of the molecule is COC(=O)[C@@]12CC(=O)O[C@]1(c1ccc(Br)cc1)N2. The molecule has 0 aromatic heterocycles. The Kier molecular flexibility index (Phi) is 2.30. The van der Waals surface area contributed by atoms with Crippen molar-refractivity contribution in [2.45, 2.75) is 17.7 Å². The number of hydrogen-bond donors (Lipinski definition) is 1. The third-order valence-electron chi connectivity index (χ3n) is 3.39. The number of hydrogen-bond acceptors (Lipinski definition) is 5. The lowest BCUT2D eigenvalue weighted by atomic mass is 9.95. The second-order valence-electron chi connectivity index (χ2n) is 4.36. The van der Waals surface area contributed by atoms with Crippen LogP contribution in [-0.4, -0.2) is 24.6 Å². The predicted octanol–water partition coefficient (Wildman–Crippen LogP) is 1.06. The molecule has 0 bridgehead atoms. The molecule has 2 fully saturated rings. The van der Waals surface area contributed by atoms with E-state index in [2.05, 4.69) is 21.2 Å². The van der Waals surface area contributed by atoms with Crippen molar-refractivity contribution in [1.29, 1.82) is 0 Å². The molecular formula is C12H10BrNO4. The molecule has 2 aliphatic heterocycles. The number of nitrogens with one attached hydrogen (secondary N) is 1. The van der Waals surface area contributed by atoms with E-state index >= 15 is 0 Å². The van der Waals surface area contributed by atoms with E-state index in [0.717, 1.165) is 10.0 Å². The van der Waals surface area contributed by atoms with Gasteiger partial charge in [-0.15, -0.1) is 0 Å². The lowest BCUT2D eigenvalue weighted by Gasteiger charge is -2.12. The third-order valence-corrected chi connectivity index (χ3v) is 3.92. The number of esters is 2. The zero-order valence-electron chi connectivity index (χ0n) is 9.53. The molecule has 0 radical (unpaired) electrons. The smallest absolute Gasteiger partial charge is 0.332 e. The molecule has 0 aliphatic carbocycles. The van der Waals surface area contributed by atoms with Crippen molar-refractivity contribution in [3.63, 3.8) is 0 Å². The highest BCUT2D eigenvalue weighted by molar-refractivity contribution is 9.10. The lowest BCUT2D eigenvalue weighted by molar-refractivity contribution is -0.146. The van der Waals surface area contributed by atoms with Crippen LogP contribution in [0.4, 0.5) is 0 Å². The molecule has 2 saturated heterocycles. The van der Waals surface area contributed by atoms with Gasteiger partial charge in [-0.25, -0.2) is 4.79 Å². The first kappa shape index (κ1) is 11.7. The number of halogens is 1. The zero-order valence-corrected chi connectivity index (χ0v) is 11.1. The summed E-state index contributed by atoms with van der Waals surface area (Å²) in [6.07, 6.45) is -0.00423. The quantitative estimate of drug-likeness (QED) is 0.653. The average molecular weight is 312 g/mol. The molecule has 0 saturated carbocycles. The van der Waals surface area contributed by atoms with Gasteiger partial charge < -0.3 is 9.47 Å². The van der Waals surface area contributed by atoms with Crippen molar-refractivity contribution in [3.05, 3.63) is 34.3 Å². The van der Waals surface area contributed by atoms with E-state index in [1.54, 1.807) is 12.1 Å². The number of carbonyl (C=O) groups is 2. The second kappa shape index (κ2) is 3.55. The van der Waals surface area contributed by atoms with E-state index < -0.39 is 23.2 Å². The van der Waals surface area contributed by atoms with Crippen molar-refractivity contribution in [2.75, 3.05) is 7.11 Å². The van der Waals surface area contributed by atoms with Crippen LogP contribution in [0.2, 0.25) is 0 Å². The summed E-state index contributed by atoms with van der Waals surface area (Å²) in [5.74, 6) is -0.877. The van der Waals surface area contributed by atoms with Crippen LogP contribution in [0.3, 0.4) is 0 Å². The van der Waals surface area contributed by atoms with Gasteiger partial charge in [0.15, 0.2) is 5.54 Å². The highest BCUT2D eigenvalue weighted by atomic mass is 79.9. The van der Waals surface area contributed by atoms with Crippen LogP contribution < -0.4 is 5.32 Å². The number of methoxy groups -OCH3 is 1. The van der Waals surface area contributed by atoms with E-state index in [1.165, 1.54) is 7.11 Å². The van der Waals surface area contributed by atoms with Crippen molar-refractivity contribution in [1.82, 2.24) is 5.32 Å². The Balaban J connectivity index is 2.03. The van der Waals surface area contributed by atoms with Gasteiger partial charge in [0.25, 0.3) is 0 Å². The second-order valence-corrected chi connectivity index (χ2v) is 5.28. The van der Waals surface area contributed by atoms with Gasteiger partial charge in [0.05, 0.1) is 13.5 Å². The first-order valence-corrected chi connectivity index (χ1v) is 6.19. The number of ether oxygens (including phenoxy) is 2. The van der Waals surface area contributed by atoms with Crippen LogP contribution in [0.1, 0.15) is 12.0 Å². The number of benzene rings is 1. The Labute approximate surface area is 112 Å². The van der Waals surface area contributed by atoms with E-state index in [-0.39, 0.29) is 6.42 Å². The summed E-state index contributed by atoms with van der Waals surface area (Å²) in [6, 6.07) is 7.28. The first-order valence-electron chi connectivity index (χ1n) is 5.40. The van der Waals surface area contributed by atoms with Crippen molar-refractivity contribution < 1.29 is 19.1 Å². The Bertz CT molecular complexity index is 544. The molecule has 1 N–H and O–H groups in total. The molecule has 0 spiro atoms. The minimum atomic E-state index is -1.06. The molecular weight excluding hydrogens is 302 g/mol. The Morgan fingerprint density at radius 3 is 2.72 bits per heavy atom. The molecule has 5 nitrogen and oxygen atoms in total. The Morgan fingerprint density at radius 1 is 1.44 bits per heavy atom. The molecule has 94 valence electrons. The maximum absolute atomic E-state index is 11.8. The maximum Gasteiger partial charge on any atom is 0.332 e. The average Bonchev–Trinajstić information content (AvgIpc) is 2.89.